The van der Waals surface area contributed by atoms with Crippen molar-refractivity contribution in [1.29, 1.82) is 0 Å². The number of nitrogens with one attached hydrogen (secondary N) is 1. The molecule has 0 heterocycles. The van der Waals surface area contributed by atoms with Crippen LogP contribution in [0.3, 0.4) is 0 Å². The van der Waals surface area contributed by atoms with E-state index in [0.29, 0.717) is 6.42 Å². The Hall–Kier alpha value is -2.11. The zero-order chi connectivity index (χ0) is 13.7. The number of hydrogen-bond acceptors (Lipinski definition) is 3. The van der Waals surface area contributed by atoms with Crippen LogP contribution in [-0.2, 0) is 4.79 Å². The molecule has 5 nitrogen and oxygen atoms in total. The van der Waals surface area contributed by atoms with Gasteiger partial charge in [0.2, 0.25) is 5.91 Å². The van der Waals surface area contributed by atoms with Crippen LogP contribution in [0.15, 0.2) is 18.2 Å². The second-order valence-electron chi connectivity index (χ2n) is 4.04. The molecule has 18 heavy (non-hydrogen) atoms. The molecule has 0 saturated heterocycles. The summed E-state index contributed by atoms with van der Waals surface area (Å²) in [6, 6.07) is 3.53. The minimum Gasteiger partial charge on any atom is -0.481 e. The van der Waals surface area contributed by atoms with E-state index in [1.54, 1.807) is 6.92 Å². The number of carboxylic acid groups (broad SMARTS) is 1. The topological polar surface area (TPSA) is 92.4 Å². The number of aliphatic carboxylic acids is 1. The third kappa shape index (κ3) is 4.04. The molecule has 1 unspecified atom stereocenters. The molecule has 1 aromatic rings. The third-order valence-electron chi connectivity index (χ3n) is 2.44. The lowest BCUT2D eigenvalue weighted by atomic mass is 10.1. The number of anilines is 1. The first kappa shape index (κ1) is 14.0. The lowest BCUT2D eigenvalue weighted by molar-refractivity contribution is -0.137. The standard InChI is InChI=1S/C12H15FN2O3/c1-7(2-5-11(16)17)15-10-6-8(12(14)18)3-4-9(10)13/h3-4,6-7,15H,2,5H2,1H3,(H2,14,18)(H,16,17). The molecular formula is C12H15FN2O3. The monoisotopic (exact) mass is 254 g/mol. The highest BCUT2D eigenvalue weighted by atomic mass is 19.1. The van der Waals surface area contributed by atoms with E-state index in [-0.39, 0.29) is 23.7 Å². The summed E-state index contributed by atoms with van der Waals surface area (Å²) >= 11 is 0. The summed E-state index contributed by atoms with van der Waals surface area (Å²) < 4.78 is 13.5. The summed E-state index contributed by atoms with van der Waals surface area (Å²) in [6.07, 6.45) is 0.348. The van der Waals surface area contributed by atoms with Crippen LogP contribution in [0.1, 0.15) is 30.1 Å². The van der Waals surface area contributed by atoms with Crippen molar-refractivity contribution in [1.82, 2.24) is 0 Å². The summed E-state index contributed by atoms with van der Waals surface area (Å²) in [5.41, 5.74) is 5.44. The Bertz CT molecular complexity index is 463. The highest BCUT2D eigenvalue weighted by Crippen LogP contribution is 2.18. The van der Waals surface area contributed by atoms with Crippen molar-refractivity contribution in [2.45, 2.75) is 25.8 Å². The molecule has 1 rings (SSSR count). The Morgan fingerprint density at radius 1 is 1.50 bits per heavy atom. The maximum absolute atomic E-state index is 13.5. The number of nitrogens with two attached hydrogens (primary N) is 1. The zero-order valence-corrected chi connectivity index (χ0v) is 9.94. The highest BCUT2D eigenvalue weighted by Gasteiger charge is 2.10. The van der Waals surface area contributed by atoms with Gasteiger partial charge in [0, 0.05) is 18.0 Å². The summed E-state index contributed by atoms with van der Waals surface area (Å²) in [5, 5.41) is 11.4. The van der Waals surface area contributed by atoms with Crippen molar-refractivity contribution in [3.63, 3.8) is 0 Å². The van der Waals surface area contributed by atoms with Gasteiger partial charge in [-0.15, -0.1) is 0 Å². The molecule has 98 valence electrons. The van der Waals surface area contributed by atoms with Crippen molar-refractivity contribution < 1.29 is 19.1 Å². The maximum atomic E-state index is 13.5. The van der Waals surface area contributed by atoms with E-state index in [9.17, 15) is 14.0 Å². The first-order valence-electron chi connectivity index (χ1n) is 5.48. The van der Waals surface area contributed by atoms with Gasteiger partial charge in [0.15, 0.2) is 0 Å². The van der Waals surface area contributed by atoms with E-state index in [1.165, 1.54) is 12.1 Å². The van der Waals surface area contributed by atoms with Crippen LogP contribution >= 0.6 is 0 Å². The van der Waals surface area contributed by atoms with Crippen LogP contribution < -0.4 is 11.1 Å². The zero-order valence-electron chi connectivity index (χ0n) is 9.94. The van der Waals surface area contributed by atoms with Crippen LogP contribution in [0.4, 0.5) is 10.1 Å². The van der Waals surface area contributed by atoms with Gasteiger partial charge in [-0.1, -0.05) is 0 Å². The van der Waals surface area contributed by atoms with Crippen LogP contribution in [0.2, 0.25) is 0 Å². The van der Waals surface area contributed by atoms with Crippen molar-refractivity contribution in [3.05, 3.63) is 29.6 Å². The van der Waals surface area contributed by atoms with Gasteiger partial charge >= 0.3 is 5.97 Å². The van der Waals surface area contributed by atoms with Gasteiger partial charge in [-0.3, -0.25) is 9.59 Å². The average molecular weight is 254 g/mol. The van der Waals surface area contributed by atoms with Crippen molar-refractivity contribution in [3.8, 4) is 0 Å². The molecule has 0 fully saturated rings. The largest absolute Gasteiger partial charge is 0.481 e. The molecule has 0 aliphatic heterocycles. The number of rotatable bonds is 6. The van der Waals surface area contributed by atoms with E-state index in [1.807, 2.05) is 0 Å². The normalized spacial score (nSPS) is 11.9. The summed E-state index contributed by atoms with van der Waals surface area (Å²) in [7, 11) is 0. The van der Waals surface area contributed by atoms with Gasteiger partial charge in [0.05, 0.1) is 5.69 Å². The quantitative estimate of drug-likeness (QED) is 0.718. The van der Waals surface area contributed by atoms with E-state index in [4.69, 9.17) is 10.8 Å². The first-order valence-corrected chi connectivity index (χ1v) is 5.48. The van der Waals surface area contributed by atoms with Crippen LogP contribution in [0.25, 0.3) is 0 Å². The fraction of sp³-hybridized carbons (Fsp3) is 0.333. The second-order valence-corrected chi connectivity index (χ2v) is 4.04. The van der Waals surface area contributed by atoms with Gasteiger partial charge in [0.1, 0.15) is 5.82 Å². The number of carbonyl (C=O) groups is 2. The van der Waals surface area contributed by atoms with E-state index in [2.05, 4.69) is 5.32 Å². The summed E-state index contributed by atoms with van der Waals surface area (Å²) in [5.74, 6) is -2.06. The average Bonchev–Trinajstić information content (AvgIpc) is 2.29. The first-order chi connectivity index (χ1) is 8.40. The second kappa shape index (κ2) is 6.00. The summed E-state index contributed by atoms with van der Waals surface area (Å²) in [4.78, 5) is 21.4. The number of halogens is 1. The lowest BCUT2D eigenvalue weighted by Gasteiger charge is -2.15. The Morgan fingerprint density at radius 3 is 2.72 bits per heavy atom. The van der Waals surface area contributed by atoms with E-state index < -0.39 is 17.7 Å². The van der Waals surface area contributed by atoms with Gasteiger partial charge in [0.25, 0.3) is 0 Å². The number of hydrogen-bond donors (Lipinski definition) is 3. The van der Waals surface area contributed by atoms with Crippen molar-refractivity contribution in [2.75, 3.05) is 5.32 Å². The molecule has 1 amide bonds. The van der Waals surface area contributed by atoms with Gasteiger partial charge in [-0.25, -0.2) is 4.39 Å². The SMILES string of the molecule is CC(CCC(=O)O)Nc1cc(C(N)=O)ccc1F. The Balaban J connectivity index is 2.73. The molecule has 0 saturated carbocycles. The number of primary amides is 1. The van der Waals surface area contributed by atoms with Crippen molar-refractivity contribution >= 4 is 17.6 Å². The number of benzene rings is 1. The van der Waals surface area contributed by atoms with Gasteiger partial charge in [-0.2, -0.15) is 0 Å². The van der Waals surface area contributed by atoms with Gasteiger partial charge in [-0.05, 0) is 31.5 Å². The van der Waals surface area contributed by atoms with E-state index in [0.717, 1.165) is 6.07 Å². The Labute approximate surface area is 104 Å². The Morgan fingerprint density at radius 2 is 2.17 bits per heavy atom. The molecule has 0 spiro atoms. The van der Waals surface area contributed by atoms with Crippen LogP contribution in [0, 0.1) is 5.82 Å². The number of carboxylic acids is 1. The molecule has 0 aromatic heterocycles. The molecule has 4 N–H and O–H groups in total. The molecule has 0 aliphatic rings. The minimum absolute atomic E-state index is 0.00864. The Kier molecular flexibility index (Phi) is 4.65. The molecule has 0 bridgehead atoms. The predicted molar refractivity (Wildman–Crippen MR) is 64.9 cm³/mol. The minimum atomic E-state index is -0.907. The molecular weight excluding hydrogens is 239 g/mol. The fourth-order valence-corrected chi connectivity index (χ4v) is 1.47. The highest BCUT2D eigenvalue weighted by molar-refractivity contribution is 5.93. The molecule has 0 aliphatic carbocycles. The third-order valence-corrected chi connectivity index (χ3v) is 2.44. The molecule has 0 radical (unpaired) electrons. The number of amides is 1. The summed E-state index contributed by atoms with van der Waals surface area (Å²) in [6.45, 7) is 1.74. The van der Waals surface area contributed by atoms with E-state index >= 15 is 0 Å². The molecule has 1 aromatic carbocycles. The van der Waals surface area contributed by atoms with Crippen LogP contribution in [-0.4, -0.2) is 23.0 Å². The number of carbonyl (C=O) groups excluding carboxylic acids is 1. The van der Waals surface area contributed by atoms with Gasteiger partial charge < -0.3 is 16.2 Å². The lowest BCUT2D eigenvalue weighted by Crippen LogP contribution is -2.18. The predicted octanol–water partition coefficient (Wildman–Crippen LogP) is 1.59. The fourth-order valence-electron chi connectivity index (χ4n) is 1.47. The maximum Gasteiger partial charge on any atom is 0.303 e. The smallest absolute Gasteiger partial charge is 0.303 e. The molecule has 6 heteroatoms. The van der Waals surface area contributed by atoms with Crippen LogP contribution in [0.5, 0.6) is 0 Å². The molecule has 1 atom stereocenters. The van der Waals surface area contributed by atoms with Crippen molar-refractivity contribution in [2.24, 2.45) is 5.73 Å².